The van der Waals surface area contributed by atoms with Gasteiger partial charge in [-0.15, -0.1) is 0 Å². The second-order valence-corrected chi connectivity index (χ2v) is 13.1. The summed E-state index contributed by atoms with van der Waals surface area (Å²) in [4.78, 5) is 31.7. The predicted molar refractivity (Wildman–Crippen MR) is 210 cm³/mol. The number of aryl methyl sites for hydroxylation is 2. The molecule has 13 nitrogen and oxygen atoms in total. The van der Waals surface area contributed by atoms with Crippen molar-refractivity contribution in [2.24, 2.45) is 5.73 Å². The number of aromatic amines is 1. The van der Waals surface area contributed by atoms with E-state index in [2.05, 4.69) is 28.2 Å². The number of nitrogens with one attached hydrogen (secondary N) is 2. The molecular formula is C41H60N4O9. The summed E-state index contributed by atoms with van der Waals surface area (Å²) >= 11 is 0. The molecule has 0 radical (unpaired) electrons. The van der Waals surface area contributed by atoms with Gasteiger partial charge in [0.15, 0.2) is 0 Å². The molecule has 54 heavy (non-hydrogen) atoms. The van der Waals surface area contributed by atoms with Crippen molar-refractivity contribution in [1.82, 2.24) is 10.3 Å². The minimum absolute atomic E-state index is 0.138. The fourth-order valence-electron chi connectivity index (χ4n) is 6.41. The van der Waals surface area contributed by atoms with E-state index in [9.17, 15) is 9.59 Å². The van der Waals surface area contributed by atoms with Gasteiger partial charge in [0.05, 0.1) is 66.1 Å². The molecule has 1 aliphatic heterocycles. The molecule has 2 heterocycles. The van der Waals surface area contributed by atoms with Crippen molar-refractivity contribution in [3.8, 4) is 16.9 Å². The van der Waals surface area contributed by atoms with E-state index >= 15 is 0 Å². The number of benzene rings is 2. The van der Waals surface area contributed by atoms with Gasteiger partial charge >= 0.3 is 0 Å². The summed E-state index contributed by atoms with van der Waals surface area (Å²) in [6.45, 7) is 16.2. The molecule has 0 saturated carbocycles. The number of rotatable bonds is 25. The molecule has 1 aromatic heterocycles. The van der Waals surface area contributed by atoms with Crippen LogP contribution >= 0.6 is 0 Å². The summed E-state index contributed by atoms with van der Waals surface area (Å²) in [6, 6.07) is 14.2. The summed E-state index contributed by atoms with van der Waals surface area (Å²) in [5, 5.41) is 3.02. The van der Waals surface area contributed by atoms with Crippen LogP contribution in [0.4, 0.5) is 5.69 Å². The number of carbonyl (C=O) groups excluding carboxylic acids is 1. The number of aromatic nitrogens is 1. The van der Waals surface area contributed by atoms with Crippen molar-refractivity contribution in [2.75, 3.05) is 104 Å². The molecule has 3 aromatic rings. The number of nitrogens with zero attached hydrogens (tertiary/aromatic N) is 1. The van der Waals surface area contributed by atoms with E-state index in [1.807, 2.05) is 57.2 Å². The number of anilines is 1. The van der Waals surface area contributed by atoms with Crippen molar-refractivity contribution < 1.29 is 38.0 Å². The van der Waals surface area contributed by atoms with Crippen molar-refractivity contribution in [3.05, 3.63) is 80.8 Å². The van der Waals surface area contributed by atoms with Gasteiger partial charge in [0.1, 0.15) is 12.4 Å². The van der Waals surface area contributed by atoms with Crippen molar-refractivity contribution >= 4 is 11.6 Å². The number of amides is 1. The molecule has 298 valence electrons. The van der Waals surface area contributed by atoms with E-state index < -0.39 is 0 Å². The standard InChI is InChI=1S/C41H60N4O9/c1-5-45(35-10-13-48-14-11-35)39-28-34(27-37(32(39)4)40(46)43-29-38-30(2)26-31(3)44-41(38)47)33-6-8-36(9-7-33)54-25-24-53-23-22-52-21-20-51-19-18-50-17-16-49-15-12-42/h6-9,26-28,35H,5,10-25,29,42H2,1-4H3,(H,43,46)(H,44,47). The normalized spacial score (nSPS) is 13.3. The average molecular weight is 753 g/mol. The van der Waals surface area contributed by atoms with Gasteiger partial charge in [-0.2, -0.15) is 0 Å². The van der Waals surface area contributed by atoms with E-state index in [1.165, 1.54) is 0 Å². The lowest BCUT2D eigenvalue weighted by Gasteiger charge is -2.37. The Morgan fingerprint density at radius 2 is 1.39 bits per heavy atom. The van der Waals surface area contributed by atoms with Crippen LogP contribution in [-0.4, -0.2) is 116 Å². The summed E-state index contributed by atoms with van der Waals surface area (Å²) in [6.07, 6.45) is 1.85. The number of ether oxygens (including phenoxy) is 7. The second kappa shape index (κ2) is 23.9. The van der Waals surface area contributed by atoms with Crippen molar-refractivity contribution in [2.45, 2.75) is 53.1 Å². The second-order valence-electron chi connectivity index (χ2n) is 13.1. The monoisotopic (exact) mass is 752 g/mol. The Balaban J connectivity index is 1.28. The highest BCUT2D eigenvalue weighted by atomic mass is 16.6. The predicted octanol–water partition coefficient (Wildman–Crippen LogP) is 4.32. The van der Waals surface area contributed by atoms with E-state index in [1.54, 1.807) is 0 Å². The number of H-pyrrole nitrogens is 1. The average Bonchev–Trinajstić information content (AvgIpc) is 3.17. The van der Waals surface area contributed by atoms with Crippen molar-refractivity contribution in [1.29, 1.82) is 0 Å². The Morgan fingerprint density at radius 1 is 0.815 bits per heavy atom. The molecule has 1 saturated heterocycles. The molecule has 0 unspecified atom stereocenters. The Labute approximate surface area is 319 Å². The highest BCUT2D eigenvalue weighted by Gasteiger charge is 2.25. The first-order valence-electron chi connectivity index (χ1n) is 19.1. The molecule has 0 aliphatic carbocycles. The quantitative estimate of drug-likeness (QED) is 0.106. The van der Waals surface area contributed by atoms with Gasteiger partial charge in [-0.3, -0.25) is 9.59 Å². The lowest BCUT2D eigenvalue weighted by atomic mass is 9.95. The van der Waals surface area contributed by atoms with Crippen LogP contribution in [0.25, 0.3) is 11.1 Å². The third kappa shape index (κ3) is 13.8. The summed E-state index contributed by atoms with van der Waals surface area (Å²) in [7, 11) is 0. The first-order valence-corrected chi connectivity index (χ1v) is 19.1. The molecule has 0 atom stereocenters. The SMILES string of the molecule is CCN(c1cc(-c2ccc(OCCOCCOCCOCCOCCOCCN)cc2)cc(C(=O)NCc2c(C)cc(C)[nH]c2=O)c1C)C1CCOCC1. The maximum Gasteiger partial charge on any atom is 0.253 e. The van der Waals surface area contributed by atoms with Gasteiger partial charge in [0, 0.05) is 61.4 Å². The molecular weight excluding hydrogens is 692 g/mol. The lowest BCUT2D eigenvalue weighted by molar-refractivity contribution is -0.0122. The molecule has 1 aliphatic rings. The van der Waals surface area contributed by atoms with Crippen LogP contribution in [0.3, 0.4) is 0 Å². The third-order valence-electron chi connectivity index (χ3n) is 9.26. The highest BCUT2D eigenvalue weighted by Crippen LogP contribution is 2.34. The number of hydrogen-bond acceptors (Lipinski definition) is 11. The van der Waals surface area contributed by atoms with E-state index in [0.717, 1.165) is 72.0 Å². The van der Waals surface area contributed by atoms with Crippen LogP contribution < -0.4 is 26.2 Å². The number of hydrogen-bond donors (Lipinski definition) is 3. The number of pyridine rings is 1. The first kappa shape index (κ1) is 42.9. The van der Waals surface area contributed by atoms with Gasteiger partial charge in [-0.1, -0.05) is 12.1 Å². The Morgan fingerprint density at radius 3 is 1.94 bits per heavy atom. The summed E-state index contributed by atoms with van der Waals surface area (Å²) in [5.74, 6) is 0.503. The topological polar surface area (TPSA) is 156 Å². The Hall–Kier alpha value is -3.82. The lowest BCUT2D eigenvalue weighted by Crippen LogP contribution is -2.40. The van der Waals surface area contributed by atoms with Gasteiger partial charge < -0.3 is 54.1 Å². The zero-order valence-corrected chi connectivity index (χ0v) is 32.5. The summed E-state index contributed by atoms with van der Waals surface area (Å²) in [5.41, 5.74) is 11.8. The number of nitrogens with two attached hydrogens (primary N) is 1. The smallest absolute Gasteiger partial charge is 0.253 e. The minimum Gasteiger partial charge on any atom is -0.491 e. The van der Waals surface area contributed by atoms with E-state index in [4.69, 9.17) is 38.9 Å². The van der Waals surface area contributed by atoms with Gasteiger partial charge in [-0.25, -0.2) is 0 Å². The molecule has 0 spiro atoms. The van der Waals surface area contributed by atoms with Gasteiger partial charge in [0.2, 0.25) is 0 Å². The summed E-state index contributed by atoms with van der Waals surface area (Å²) < 4.78 is 38.9. The Kier molecular flexibility index (Phi) is 19.0. The highest BCUT2D eigenvalue weighted by molar-refractivity contribution is 5.99. The largest absolute Gasteiger partial charge is 0.491 e. The Bertz CT molecular complexity index is 1610. The molecule has 1 fully saturated rings. The fourth-order valence-corrected chi connectivity index (χ4v) is 6.41. The molecule has 0 bridgehead atoms. The minimum atomic E-state index is -0.223. The van der Waals surface area contributed by atoms with E-state index in [0.29, 0.717) is 96.4 Å². The maximum atomic E-state index is 13.8. The van der Waals surface area contributed by atoms with Crippen LogP contribution in [0.15, 0.2) is 47.3 Å². The molecule has 4 rings (SSSR count). The zero-order chi connectivity index (χ0) is 38.5. The van der Waals surface area contributed by atoms with Crippen LogP contribution in [-0.2, 0) is 35.0 Å². The van der Waals surface area contributed by atoms with Crippen LogP contribution in [0, 0.1) is 20.8 Å². The van der Waals surface area contributed by atoms with Crippen LogP contribution in [0.5, 0.6) is 5.75 Å². The fraction of sp³-hybridized carbons (Fsp3) is 0.561. The maximum absolute atomic E-state index is 13.8. The van der Waals surface area contributed by atoms with Crippen molar-refractivity contribution in [3.63, 3.8) is 0 Å². The molecule has 4 N–H and O–H groups in total. The third-order valence-corrected chi connectivity index (χ3v) is 9.26. The zero-order valence-electron chi connectivity index (χ0n) is 32.5. The number of carbonyl (C=O) groups is 1. The molecule has 2 aromatic carbocycles. The van der Waals surface area contributed by atoms with E-state index in [-0.39, 0.29) is 18.0 Å². The van der Waals surface area contributed by atoms with Crippen LogP contribution in [0.2, 0.25) is 0 Å². The first-order chi connectivity index (χ1) is 26.3. The van der Waals surface area contributed by atoms with Crippen LogP contribution in [0.1, 0.15) is 52.5 Å². The van der Waals surface area contributed by atoms with Gasteiger partial charge in [-0.05, 0) is 93.1 Å². The molecule has 1 amide bonds. The van der Waals surface area contributed by atoms with Gasteiger partial charge in [0.25, 0.3) is 11.5 Å². The molecule has 13 heteroatoms.